The summed E-state index contributed by atoms with van der Waals surface area (Å²) in [6.45, 7) is 5.67. The Hall–Kier alpha value is -1.12. The van der Waals surface area contributed by atoms with Crippen LogP contribution in [0.1, 0.15) is 33.1 Å². The topological polar surface area (TPSA) is 74.8 Å². The average molecular weight is 387 g/mol. The first kappa shape index (κ1) is 18.7. The first-order valence-electron chi connectivity index (χ1n) is 8.81. The molecule has 0 spiro atoms. The van der Waals surface area contributed by atoms with Crippen LogP contribution >= 0.6 is 0 Å². The van der Waals surface area contributed by atoms with Gasteiger partial charge in [0.1, 0.15) is 0 Å². The summed E-state index contributed by atoms with van der Waals surface area (Å²) in [6, 6.07) is 6.26. The monoisotopic (exact) mass is 386 g/mol. The molecule has 0 saturated carbocycles. The van der Waals surface area contributed by atoms with Gasteiger partial charge in [0.25, 0.3) is 0 Å². The van der Waals surface area contributed by atoms with Gasteiger partial charge in [0.15, 0.2) is 0 Å². The van der Waals surface area contributed by atoms with Crippen LogP contribution in [0.2, 0.25) is 0 Å². The van der Waals surface area contributed by atoms with Gasteiger partial charge in [-0.15, -0.1) is 0 Å². The predicted octanol–water partition coefficient (Wildman–Crippen LogP) is 2.28. The number of rotatable bonds is 3. The van der Waals surface area contributed by atoms with Crippen molar-refractivity contribution >= 4 is 25.7 Å². The van der Waals surface area contributed by atoms with Gasteiger partial charge in [0.2, 0.25) is 20.0 Å². The van der Waals surface area contributed by atoms with E-state index in [0.29, 0.717) is 43.6 Å². The molecule has 0 radical (unpaired) electrons. The van der Waals surface area contributed by atoms with Gasteiger partial charge >= 0.3 is 0 Å². The van der Waals surface area contributed by atoms with E-state index in [0.717, 1.165) is 12.8 Å². The van der Waals surface area contributed by atoms with Crippen LogP contribution in [0.5, 0.6) is 0 Å². The highest BCUT2D eigenvalue weighted by Gasteiger charge is 2.32. The number of sulfonamides is 2. The molecule has 0 bridgehead atoms. The normalized spacial score (nSPS) is 28.0. The largest absolute Gasteiger partial charge is 0.270 e. The average Bonchev–Trinajstić information content (AvgIpc) is 2.54. The first-order chi connectivity index (χ1) is 11.7. The number of hydrogen-bond acceptors (Lipinski definition) is 4. The molecule has 2 atom stereocenters. The fraction of sp³-hybridized carbons (Fsp3) is 0.647. The summed E-state index contributed by atoms with van der Waals surface area (Å²) >= 11 is 0. The van der Waals surface area contributed by atoms with Crippen molar-refractivity contribution in [2.75, 3.05) is 29.7 Å². The van der Waals surface area contributed by atoms with E-state index in [9.17, 15) is 16.8 Å². The van der Waals surface area contributed by atoms with Crippen LogP contribution < -0.4 is 4.31 Å². The Morgan fingerprint density at radius 3 is 2.16 bits per heavy atom. The van der Waals surface area contributed by atoms with E-state index in [1.807, 2.05) is 0 Å². The molecule has 0 unspecified atom stereocenters. The summed E-state index contributed by atoms with van der Waals surface area (Å²) in [5, 5.41) is 0. The van der Waals surface area contributed by atoms with E-state index in [2.05, 4.69) is 13.8 Å². The molecule has 25 heavy (non-hydrogen) atoms. The summed E-state index contributed by atoms with van der Waals surface area (Å²) in [6.07, 6.45) is 2.54. The van der Waals surface area contributed by atoms with Crippen molar-refractivity contribution in [1.82, 2.24) is 4.31 Å². The van der Waals surface area contributed by atoms with E-state index in [-0.39, 0.29) is 10.6 Å². The highest BCUT2D eigenvalue weighted by molar-refractivity contribution is 7.92. The Morgan fingerprint density at radius 2 is 1.60 bits per heavy atom. The maximum absolute atomic E-state index is 12.9. The smallest absolute Gasteiger partial charge is 0.243 e. The van der Waals surface area contributed by atoms with Gasteiger partial charge in [-0.1, -0.05) is 13.8 Å². The molecule has 0 N–H and O–H groups in total. The molecular formula is C17H26N2O4S2. The lowest BCUT2D eigenvalue weighted by molar-refractivity contribution is 0.222. The molecule has 2 fully saturated rings. The summed E-state index contributed by atoms with van der Waals surface area (Å²) < 4.78 is 53.1. The quantitative estimate of drug-likeness (QED) is 0.799. The molecule has 0 aromatic heterocycles. The molecule has 140 valence electrons. The summed E-state index contributed by atoms with van der Waals surface area (Å²) in [5.41, 5.74) is 0.541. The molecule has 0 amide bonds. The number of piperidine rings is 1. The minimum Gasteiger partial charge on any atom is -0.270 e. The minimum absolute atomic E-state index is 0.149. The van der Waals surface area contributed by atoms with Gasteiger partial charge in [0, 0.05) is 19.6 Å². The third kappa shape index (κ3) is 3.85. The second-order valence-electron chi connectivity index (χ2n) is 7.36. The van der Waals surface area contributed by atoms with E-state index in [1.54, 1.807) is 16.4 Å². The van der Waals surface area contributed by atoms with Crippen molar-refractivity contribution in [2.45, 2.75) is 38.0 Å². The SMILES string of the molecule is C[C@@H]1C[C@H](C)CN(S(=O)(=O)c2ccc(N3CCCCS3(=O)=O)cc2)C1. The van der Waals surface area contributed by atoms with Crippen molar-refractivity contribution in [1.29, 1.82) is 0 Å². The highest BCUT2D eigenvalue weighted by atomic mass is 32.2. The van der Waals surface area contributed by atoms with Gasteiger partial charge in [-0.3, -0.25) is 4.31 Å². The van der Waals surface area contributed by atoms with Crippen LogP contribution in [-0.2, 0) is 20.0 Å². The van der Waals surface area contributed by atoms with E-state index >= 15 is 0 Å². The van der Waals surface area contributed by atoms with Crippen molar-refractivity contribution < 1.29 is 16.8 Å². The third-order valence-corrected chi connectivity index (χ3v) is 8.66. The molecule has 2 aliphatic rings. The number of anilines is 1. The van der Waals surface area contributed by atoms with Crippen molar-refractivity contribution in [2.24, 2.45) is 11.8 Å². The second-order valence-corrected chi connectivity index (χ2v) is 11.3. The van der Waals surface area contributed by atoms with Crippen LogP contribution in [0.15, 0.2) is 29.2 Å². The molecular weight excluding hydrogens is 360 g/mol. The molecule has 2 saturated heterocycles. The Kier molecular flexibility index (Phi) is 5.14. The predicted molar refractivity (Wildman–Crippen MR) is 98.5 cm³/mol. The lowest BCUT2D eigenvalue weighted by Crippen LogP contribution is -2.42. The van der Waals surface area contributed by atoms with E-state index in [1.165, 1.54) is 16.4 Å². The number of nitrogens with zero attached hydrogens (tertiary/aromatic N) is 2. The fourth-order valence-electron chi connectivity index (χ4n) is 3.81. The Balaban J connectivity index is 1.84. The summed E-state index contributed by atoms with van der Waals surface area (Å²) in [7, 11) is -6.83. The van der Waals surface area contributed by atoms with Gasteiger partial charge in [-0.25, -0.2) is 16.8 Å². The fourth-order valence-corrected chi connectivity index (χ4v) is 7.13. The summed E-state index contributed by atoms with van der Waals surface area (Å²) in [4.78, 5) is 0.229. The highest BCUT2D eigenvalue weighted by Crippen LogP contribution is 2.29. The third-order valence-electron chi connectivity index (χ3n) is 4.95. The lowest BCUT2D eigenvalue weighted by Gasteiger charge is -2.34. The van der Waals surface area contributed by atoms with Crippen LogP contribution in [0.25, 0.3) is 0 Å². The molecule has 8 heteroatoms. The molecule has 2 aliphatic heterocycles. The molecule has 1 aromatic carbocycles. The van der Waals surface area contributed by atoms with Crippen molar-refractivity contribution in [3.8, 4) is 0 Å². The van der Waals surface area contributed by atoms with Crippen molar-refractivity contribution in [3.05, 3.63) is 24.3 Å². The first-order valence-corrected chi connectivity index (χ1v) is 11.9. The Morgan fingerprint density at radius 1 is 1.00 bits per heavy atom. The molecule has 6 nitrogen and oxygen atoms in total. The second kappa shape index (κ2) is 6.89. The van der Waals surface area contributed by atoms with Crippen molar-refractivity contribution in [3.63, 3.8) is 0 Å². The van der Waals surface area contributed by atoms with E-state index < -0.39 is 20.0 Å². The van der Waals surface area contributed by atoms with Gasteiger partial charge in [-0.05, 0) is 55.4 Å². The van der Waals surface area contributed by atoms with E-state index in [4.69, 9.17) is 0 Å². The zero-order valence-corrected chi connectivity index (χ0v) is 16.4. The number of hydrogen-bond donors (Lipinski definition) is 0. The van der Waals surface area contributed by atoms with Gasteiger partial charge < -0.3 is 0 Å². The maximum Gasteiger partial charge on any atom is 0.243 e. The number of benzene rings is 1. The van der Waals surface area contributed by atoms with Gasteiger partial charge in [0.05, 0.1) is 16.3 Å². The maximum atomic E-state index is 12.9. The Bertz CT molecular complexity index is 809. The van der Waals surface area contributed by atoms with Crippen LogP contribution in [0, 0.1) is 11.8 Å². The molecule has 0 aliphatic carbocycles. The Labute approximate surface area is 150 Å². The zero-order valence-electron chi connectivity index (χ0n) is 14.8. The van der Waals surface area contributed by atoms with Crippen LogP contribution in [0.3, 0.4) is 0 Å². The standard InChI is InChI=1S/C17H26N2O4S2/c1-14-11-15(2)13-18(12-14)25(22,23)17-7-5-16(6-8-17)19-9-3-4-10-24(19,20)21/h5-8,14-15H,3-4,9-13H2,1-2H3/t14-,15+. The molecule has 1 aromatic rings. The minimum atomic E-state index is -3.54. The lowest BCUT2D eigenvalue weighted by atomic mass is 9.94. The summed E-state index contributed by atoms with van der Waals surface area (Å²) in [5.74, 6) is 0.837. The molecule has 3 rings (SSSR count). The van der Waals surface area contributed by atoms with Crippen LogP contribution in [-0.4, -0.2) is 46.5 Å². The van der Waals surface area contributed by atoms with Gasteiger partial charge in [-0.2, -0.15) is 4.31 Å². The zero-order chi connectivity index (χ0) is 18.2. The van der Waals surface area contributed by atoms with Crippen LogP contribution in [0.4, 0.5) is 5.69 Å². The molecule has 2 heterocycles.